The average Bonchev–Trinajstić information content (AvgIpc) is 2.84. The number of hydrogen-bond donors (Lipinski definition) is 2. The van der Waals surface area contributed by atoms with Crippen molar-refractivity contribution < 1.29 is 17.6 Å². The summed E-state index contributed by atoms with van der Waals surface area (Å²) in [6.45, 7) is 5.27. The van der Waals surface area contributed by atoms with Gasteiger partial charge in [-0.2, -0.15) is 0 Å². The topological polar surface area (TPSA) is 88.4 Å². The molecule has 7 heteroatoms. The lowest BCUT2D eigenvalue weighted by atomic mass is 10.2. The molecule has 118 valence electrons. The SMILES string of the molecule is Cc1ccoc1C(=O)Nc1ccc(S(=O)(=O)NC(C)C)cc1. The fourth-order valence-electron chi connectivity index (χ4n) is 1.89. The summed E-state index contributed by atoms with van der Waals surface area (Å²) in [5.74, 6) is -0.142. The fourth-order valence-corrected chi connectivity index (χ4v) is 3.14. The van der Waals surface area contributed by atoms with Crippen LogP contribution in [0.5, 0.6) is 0 Å². The van der Waals surface area contributed by atoms with E-state index in [1.807, 2.05) is 0 Å². The van der Waals surface area contributed by atoms with Crippen LogP contribution in [-0.2, 0) is 10.0 Å². The highest BCUT2D eigenvalue weighted by atomic mass is 32.2. The van der Waals surface area contributed by atoms with E-state index in [4.69, 9.17) is 4.42 Å². The predicted octanol–water partition coefficient (Wildman–Crippen LogP) is 2.53. The van der Waals surface area contributed by atoms with Crippen LogP contribution in [0.2, 0.25) is 0 Å². The Morgan fingerprint density at radius 2 is 1.77 bits per heavy atom. The molecular formula is C15H18N2O4S. The summed E-state index contributed by atoms with van der Waals surface area (Å²) in [6.07, 6.45) is 1.44. The summed E-state index contributed by atoms with van der Waals surface area (Å²) in [4.78, 5) is 12.1. The van der Waals surface area contributed by atoms with Gasteiger partial charge in [-0.1, -0.05) is 0 Å². The first kappa shape index (κ1) is 16.3. The van der Waals surface area contributed by atoms with Gasteiger partial charge in [-0.05, 0) is 51.1 Å². The number of amides is 1. The lowest BCUT2D eigenvalue weighted by molar-refractivity contribution is 0.0996. The molecule has 2 rings (SSSR count). The fraction of sp³-hybridized carbons (Fsp3) is 0.267. The van der Waals surface area contributed by atoms with Crippen molar-refractivity contribution in [3.8, 4) is 0 Å². The molecule has 22 heavy (non-hydrogen) atoms. The van der Waals surface area contributed by atoms with Gasteiger partial charge in [0.15, 0.2) is 5.76 Å². The van der Waals surface area contributed by atoms with Crippen molar-refractivity contribution in [2.45, 2.75) is 31.7 Å². The molecule has 1 aromatic heterocycles. The zero-order chi connectivity index (χ0) is 16.3. The number of benzene rings is 1. The zero-order valence-electron chi connectivity index (χ0n) is 12.6. The minimum atomic E-state index is -3.54. The van der Waals surface area contributed by atoms with Crippen molar-refractivity contribution in [3.05, 3.63) is 47.9 Å². The van der Waals surface area contributed by atoms with Crippen LogP contribution in [0.3, 0.4) is 0 Å². The van der Waals surface area contributed by atoms with E-state index in [0.717, 1.165) is 5.56 Å². The molecule has 0 bridgehead atoms. The maximum atomic E-state index is 12.0. The third-order valence-corrected chi connectivity index (χ3v) is 4.56. The minimum absolute atomic E-state index is 0.147. The molecule has 2 N–H and O–H groups in total. The van der Waals surface area contributed by atoms with E-state index in [9.17, 15) is 13.2 Å². The summed E-state index contributed by atoms with van der Waals surface area (Å²) < 4.78 is 31.6. The van der Waals surface area contributed by atoms with Crippen LogP contribution in [-0.4, -0.2) is 20.4 Å². The molecule has 0 spiro atoms. The molecule has 0 saturated heterocycles. The molecule has 0 fully saturated rings. The maximum absolute atomic E-state index is 12.0. The number of rotatable bonds is 5. The predicted molar refractivity (Wildman–Crippen MR) is 83.3 cm³/mol. The van der Waals surface area contributed by atoms with Gasteiger partial charge in [0.05, 0.1) is 11.2 Å². The summed E-state index contributed by atoms with van der Waals surface area (Å²) in [7, 11) is -3.54. The number of furan rings is 1. The van der Waals surface area contributed by atoms with Crippen LogP contribution in [0, 0.1) is 6.92 Å². The minimum Gasteiger partial charge on any atom is -0.459 e. The van der Waals surface area contributed by atoms with E-state index in [1.54, 1.807) is 26.8 Å². The second-order valence-electron chi connectivity index (χ2n) is 5.19. The van der Waals surface area contributed by atoms with Crippen molar-refractivity contribution in [2.75, 3.05) is 5.32 Å². The second kappa shape index (κ2) is 6.33. The molecule has 0 saturated carbocycles. The summed E-state index contributed by atoms with van der Waals surface area (Å²) in [5, 5.41) is 2.66. The van der Waals surface area contributed by atoms with Gasteiger partial charge < -0.3 is 9.73 Å². The molecular weight excluding hydrogens is 304 g/mol. The zero-order valence-corrected chi connectivity index (χ0v) is 13.4. The number of nitrogens with one attached hydrogen (secondary N) is 2. The van der Waals surface area contributed by atoms with E-state index in [-0.39, 0.29) is 22.6 Å². The Bertz CT molecular complexity index is 761. The molecule has 0 aliphatic rings. The van der Waals surface area contributed by atoms with Crippen molar-refractivity contribution in [1.29, 1.82) is 0 Å². The van der Waals surface area contributed by atoms with Gasteiger partial charge >= 0.3 is 0 Å². The first-order valence-corrected chi connectivity index (χ1v) is 8.26. The summed E-state index contributed by atoms with van der Waals surface area (Å²) in [5.41, 5.74) is 1.22. The van der Waals surface area contributed by atoms with Crippen LogP contribution in [0.25, 0.3) is 0 Å². The largest absolute Gasteiger partial charge is 0.459 e. The molecule has 0 unspecified atom stereocenters. The normalized spacial score (nSPS) is 11.6. The highest BCUT2D eigenvalue weighted by Gasteiger charge is 2.16. The van der Waals surface area contributed by atoms with Crippen LogP contribution in [0.15, 0.2) is 45.9 Å². The number of aryl methyl sites for hydroxylation is 1. The third-order valence-electron chi connectivity index (χ3n) is 2.88. The highest BCUT2D eigenvalue weighted by Crippen LogP contribution is 2.16. The molecule has 1 aromatic carbocycles. The third kappa shape index (κ3) is 3.75. The molecule has 6 nitrogen and oxygen atoms in total. The first-order valence-electron chi connectivity index (χ1n) is 6.77. The standard InChI is InChI=1S/C15H18N2O4S/c1-10(2)17-22(19,20)13-6-4-12(5-7-13)16-15(18)14-11(3)8-9-21-14/h4-10,17H,1-3H3,(H,16,18). The number of carbonyl (C=O) groups is 1. The lowest BCUT2D eigenvalue weighted by Gasteiger charge is -2.10. The molecule has 1 amide bonds. The van der Waals surface area contributed by atoms with Crippen molar-refractivity contribution in [3.63, 3.8) is 0 Å². The Labute approximate surface area is 129 Å². The van der Waals surface area contributed by atoms with Crippen molar-refractivity contribution in [1.82, 2.24) is 4.72 Å². The molecule has 1 heterocycles. The smallest absolute Gasteiger partial charge is 0.291 e. The quantitative estimate of drug-likeness (QED) is 0.885. The van der Waals surface area contributed by atoms with E-state index in [1.165, 1.54) is 30.5 Å². The van der Waals surface area contributed by atoms with E-state index >= 15 is 0 Å². The van der Waals surface area contributed by atoms with Crippen molar-refractivity contribution >= 4 is 21.6 Å². The molecule has 0 atom stereocenters. The molecule has 0 aliphatic carbocycles. The second-order valence-corrected chi connectivity index (χ2v) is 6.90. The van der Waals surface area contributed by atoms with Gasteiger partial charge in [-0.3, -0.25) is 4.79 Å². The van der Waals surface area contributed by atoms with E-state index < -0.39 is 10.0 Å². The Morgan fingerprint density at radius 3 is 2.27 bits per heavy atom. The van der Waals surface area contributed by atoms with Gasteiger partial charge in [0, 0.05) is 17.3 Å². The number of hydrogen-bond acceptors (Lipinski definition) is 4. The van der Waals surface area contributed by atoms with Crippen LogP contribution in [0.4, 0.5) is 5.69 Å². The van der Waals surface area contributed by atoms with E-state index in [2.05, 4.69) is 10.0 Å². The average molecular weight is 322 g/mol. The molecule has 0 aliphatic heterocycles. The van der Waals surface area contributed by atoms with Crippen LogP contribution < -0.4 is 10.0 Å². The van der Waals surface area contributed by atoms with Gasteiger partial charge in [0.25, 0.3) is 5.91 Å². The Balaban J connectivity index is 2.13. The van der Waals surface area contributed by atoms with E-state index in [0.29, 0.717) is 5.69 Å². The Kier molecular flexibility index (Phi) is 4.68. The lowest BCUT2D eigenvalue weighted by Crippen LogP contribution is -2.30. The number of carbonyl (C=O) groups excluding carboxylic acids is 1. The number of sulfonamides is 1. The van der Waals surface area contributed by atoms with Gasteiger partial charge in [-0.15, -0.1) is 0 Å². The van der Waals surface area contributed by atoms with Crippen LogP contribution >= 0.6 is 0 Å². The van der Waals surface area contributed by atoms with Crippen LogP contribution in [0.1, 0.15) is 30.0 Å². The monoisotopic (exact) mass is 322 g/mol. The van der Waals surface area contributed by atoms with Gasteiger partial charge in [0.1, 0.15) is 0 Å². The maximum Gasteiger partial charge on any atom is 0.291 e. The highest BCUT2D eigenvalue weighted by molar-refractivity contribution is 7.89. The number of anilines is 1. The molecule has 0 radical (unpaired) electrons. The Hall–Kier alpha value is -2.12. The summed E-state index contributed by atoms with van der Waals surface area (Å²) >= 11 is 0. The molecule has 2 aromatic rings. The summed E-state index contributed by atoms with van der Waals surface area (Å²) in [6, 6.07) is 7.45. The van der Waals surface area contributed by atoms with Crippen molar-refractivity contribution in [2.24, 2.45) is 0 Å². The van der Waals surface area contributed by atoms with Gasteiger partial charge in [-0.25, -0.2) is 13.1 Å². The van der Waals surface area contributed by atoms with Gasteiger partial charge in [0.2, 0.25) is 10.0 Å². The Morgan fingerprint density at radius 1 is 1.14 bits per heavy atom. The first-order chi connectivity index (χ1) is 10.3.